The predicted octanol–water partition coefficient (Wildman–Crippen LogP) is 6.72. The quantitative estimate of drug-likeness (QED) is 0.299. The third kappa shape index (κ3) is 8.85. The molecule has 0 saturated heterocycles. The lowest BCUT2D eigenvalue weighted by molar-refractivity contribution is 0.593. The molecule has 0 aliphatic heterocycles. The maximum absolute atomic E-state index is 4.54. The van der Waals surface area contributed by atoms with E-state index < -0.39 is 0 Å². The van der Waals surface area contributed by atoms with Gasteiger partial charge in [-0.2, -0.15) is 0 Å². The first-order chi connectivity index (χ1) is 13.8. The molecule has 0 aliphatic rings. The van der Waals surface area contributed by atoms with Crippen LogP contribution < -0.4 is 0 Å². The molecule has 0 saturated carbocycles. The zero-order valence-corrected chi connectivity index (χ0v) is 17.2. The van der Waals surface area contributed by atoms with Crippen LogP contribution in [0.15, 0.2) is 57.4 Å². The number of pyridine rings is 1. The normalized spacial score (nSPS) is 11.9. The lowest BCUT2D eigenvalue weighted by Crippen LogP contribution is -1.88. The van der Waals surface area contributed by atoms with Crippen molar-refractivity contribution < 1.29 is 0 Å². The summed E-state index contributed by atoms with van der Waals surface area (Å²) < 4.78 is 0. The van der Waals surface area contributed by atoms with Crippen LogP contribution in [0.4, 0.5) is 11.6 Å². The molecular weight excluding hydrogens is 344 g/mol. The first-order valence-electron chi connectivity index (χ1n) is 10.4. The highest BCUT2D eigenvalue weighted by Gasteiger charge is 1.94. The summed E-state index contributed by atoms with van der Waals surface area (Å²) >= 11 is 0. The number of rotatable bonds is 12. The van der Waals surface area contributed by atoms with Gasteiger partial charge < -0.3 is 0 Å². The van der Waals surface area contributed by atoms with Crippen LogP contribution in [0.2, 0.25) is 0 Å². The molecule has 0 fully saturated rings. The van der Waals surface area contributed by atoms with Gasteiger partial charge in [0.05, 0.1) is 0 Å². The van der Waals surface area contributed by atoms with Crippen molar-refractivity contribution in [2.24, 2.45) is 15.0 Å². The third-order valence-corrected chi connectivity index (χ3v) is 4.39. The van der Waals surface area contributed by atoms with Gasteiger partial charge >= 0.3 is 0 Å². The molecule has 1 heterocycles. The van der Waals surface area contributed by atoms with E-state index in [-0.39, 0.29) is 0 Å². The number of aliphatic imine (C=N–C) groups is 3. The molecule has 4 heteroatoms. The second-order valence-corrected chi connectivity index (χ2v) is 6.82. The molecule has 0 spiro atoms. The van der Waals surface area contributed by atoms with Crippen molar-refractivity contribution in [3.63, 3.8) is 0 Å². The molecule has 0 bridgehead atoms. The van der Waals surface area contributed by atoms with Gasteiger partial charge in [0.1, 0.15) is 0 Å². The van der Waals surface area contributed by atoms with Crippen LogP contribution >= 0.6 is 0 Å². The van der Waals surface area contributed by atoms with E-state index in [1.165, 1.54) is 44.9 Å². The highest BCUT2D eigenvalue weighted by molar-refractivity contribution is 5.85. The molecule has 0 amide bonds. The Bertz CT molecular complexity index is 760. The van der Waals surface area contributed by atoms with Crippen LogP contribution in [0.5, 0.6) is 0 Å². The minimum atomic E-state index is 0.656. The molecule has 0 atom stereocenters. The molecule has 1 aromatic heterocycles. The first-order valence-corrected chi connectivity index (χ1v) is 10.4. The minimum absolute atomic E-state index is 0.656. The number of nitrogens with zero attached hydrogens (tertiary/aromatic N) is 4. The fourth-order valence-corrected chi connectivity index (χ4v) is 2.83. The SMILES string of the molecule is CC=Nc1cccc(/N=C/c2ccc(C=NCCCCCCCCC)cc2)n1. The summed E-state index contributed by atoms with van der Waals surface area (Å²) in [5.41, 5.74) is 2.16. The second-order valence-electron chi connectivity index (χ2n) is 6.82. The Kier molecular flexibility index (Phi) is 10.5. The van der Waals surface area contributed by atoms with Gasteiger partial charge in [-0.25, -0.2) is 15.0 Å². The maximum atomic E-state index is 4.54. The van der Waals surface area contributed by atoms with E-state index in [9.17, 15) is 0 Å². The summed E-state index contributed by atoms with van der Waals surface area (Å²) in [6.45, 7) is 5.05. The van der Waals surface area contributed by atoms with Crippen molar-refractivity contribution in [2.45, 2.75) is 58.8 Å². The highest BCUT2D eigenvalue weighted by atomic mass is 15.0. The van der Waals surface area contributed by atoms with Gasteiger partial charge in [-0.15, -0.1) is 0 Å². The molecule has 0 radical (unpaired) electrons. The monoisotopic (exact) mass is 376 g/mol. The molecule has 28 heavy (non-hydrogen) atoms. The van der Waals surface area contributed by atoms with Gasteiger partial charge in [0.25, 0.3) is 0 Å². The Hall–Kier alpha value is -2.62. The van der Waals surface area contributed by atoms with Crippen LogP contribution in [0, 0.1) is 0 Å². The van der Waals surface area contributed by atoms with Gasteiger partial charge in [-0.05, 0) is 36.6 Å². The topological polar surface area (TPSA) is 50.0 Å². The van der Waals surface area contributed by atoms with E-state index in [1.54, 1.807) is 6.21 Å². The molecule has 148 valence electrons. The Morgan fingerprint density at radius 2 is 1.36 bits per heavy atom. The Morgan fingerprint density at radius 1 is 0.750 bits per heavy atom. The van der Waals surface area contributed by atoms with E-state index >= 15 is 0 Å². The number of hydrogen-bond acceptors (Lipinski definition) is 4. The Morgan fingerprint density at radius 3 is 2.04 bits per heavy atom. The number of aromatic nitrogens is 1. The molecular formula is C24H32N4. The average Bonchev–Trinajstić information content (AvgIpc) is 2.72. The fourth-order valence-electron chi connectivity index (χ4n) is 2.83. The summed E-state index contributed by atoms with van der Waals surface area (Å²) in [4.78, 5) is 17.5. The lowest BCUT2D eigenvalue weighted by Gasteiger charge is -1.99. The fraction of sp³-hybridized carbons (Fsp3) is 0.417. The second kappa shape index (κ2) is 13.5. The summed E-state index contributed by atoms with van der Waals surface area (Å²) in [5, 5.41) is 0. The molecule has 0 N–H and O–H groups in total. The maximum Gasteiger partial charge on any atom is 0.154 e. The standard InChI is InChI=1S/C24H32N4/c1-3-5-6-7-8-9-10-18-25-19-21-14-16-22(17-15-21)20-27-24-13-11-12-23(28-24)26-4-2/h4,11-17,19-20H,3,5-10,18H2,1-2H3/b25-19?,26-4?,27-20+. The van der Waals surface area contributed by atoms with Crippen LogP contribution in [0.3, 0.4) is 0 Å². The molecule has 2 aromatic rings. The van der Waals surface area contributed by atoms with Crippen LogP contribution in [-0.2, 0) is 0 Å². The first kappa shape index (κ1) is 21.7. The van der Waals surface area contributed by atoms with Gasteiger partial charge in [0.2, 0.25) is 0 Å². The van der Waals surface area contributed by atoms with Crippen molar-refractivity contribution in [1.82, 2.24) is 4.98 Å². The molecule has 2 rings (SSSR count). The molecule has 0 aliphatic carbocycles. The number of hydrogen-bond donors (Lipinski definition) is 0. The van der Waals surface area contributed by atoms with E-state index in [2.05, 4.69) is 39.0 Å². The summed E-state index contributed by atoms with van der Waals surface area (Å²) in [5.74, 6) is 1.33. The third-order valence-electron chi connectivity index (χ3n) is 4.39. The van der Waals surface area contributed by atoms with E-state index in [0.29, 0.717) is 11.6 Å². The Balaban J connectivity index is 1.74. The number of unbranched alkanes of at least 4 members (excludes halogenated alkanes) is 6. The predicted molar refractivity (Wildman–Crippen MR) is 122 cm³/mol. The van der Waals surface area contributed by atoms with Gasteiger partial charge in [-0.1, -0.05) is 75.8 Å². The molecule has 0 unspecified atom stereocenters. The average molecular weight is 377 g/mol. The zero-order valence-electron chi connectivity index (χ0n) is 17.2. The van der Waals surface area contributed by atoms with Crippen LogP contribution in [-0.4, -0.2) is 30.2 Å². The summed E-state index contributed by atoms with van der Waals surface area (Å²) in [7, 11) is 0. The van der Waals surface area contributed by atoms with Crippen molar-refractivity contribution in [3.8, 4) is 0 Å². The van der Waals surface area contributed by atoms with Crippen molar-refractivity contribution in [1.29, 1.82) is 0 Å². The smallest absolute Gasteiger partial charge is 0.154 e. The minimum Gasteiger partial charge on any atom is -0.293 e. The van der Waals surface area contributed by atoms with Crippen molar-refractivity contribution >= 4 is 30.3 Å². The highest BCUT2D eigenvalue weighted by Crippen LogP contribution is 2.14. The van der Waals surface area contributed by atoms with Gasteiger partial charge in [-0.3, -0.25) is 4.99 Å². The van der Waals surface area contributed by atoms with Crippen LogP contribution in [0.25, 0.3) is 0 Å². The van der Waals surface area contributed by atoms with Gasteiger partial charge in [0, 0.05) is 25.2 Å². The van der Waals surface area contributed by atoms with E-state index in [1.807, 2.05) is 49.7 Å². The largest absolute Gasteiger partial charge is 0.293 e. The lowest BCUT2D eigenvalue weighted by atomic mass is 10.1. The van der Waals surface area contributed by atoms with Crippen molar-refractivity contribution in [2.75, 3.05) is 6.54 Å². The summed E-state index contributed by atoms with van der Waals surface area (Å²) in [6, 6.07) is 13.9. The Labute approximate surface area is 169 Å². The van der Waals surface area contributed by atoms with E-state index in [4.69, 9.17) is 0 Å². The molecule has 4 nitrogen and oxygen atoms in total. The van der Waals surface area contributed by atoms with Crippen LogP contribution in [0.1, 0.15) is 69.9 Å². The van der Waals surface area contributed by atoms with Gasteiger partial charge in [0.15, 0.2) is 11.6 Å². The number of benzene rings is 1. The zero-order chi connectivity index (χ0) is 19.9. The summed E-state index contributed by atoms with van der Waals surface area (Å²) in [6.07, 6.45) is 14.7. The van der Waals surface area contributed by atoms with Crippen molar-refractivity contribution in [3.05, 3.63) is 53.6 Å². The molecule has 1 aromatic carbocycles. The van der Waals surface area contributed by atoms with E-state index in [0.717, 1.165) is 17.7 Å².